The van der Waals surface area contributed by atoms with E-state index in [4.69, 9.17) is 4.74 Å². The van der Waals surface area contributed by atoms with Crippen LogP contribution >= 0.6 is 11.3 Å². The number of rotatable bonds is 7. The van der Waals surface area contributed by atoms with Crippen molar-refractivity contribution in [1.82, 2.24) is 10.3 Å². The standard InChI is InChI=1S/C22H24N2O3S/c1-14-8-9-17(12-15(14)2)16(3)23-20(25)13-27-22(26)11-10-21-24-18-6-4-5-7-19(18)28-21/h4-9,12,16H,10-11,13H2,1-3H3,(H,23,25)/t16-/m0/s1. The van der Waals surface area contributed by atoms with E-state index >= 15 is 0 Å². The normalized spacial score (nSPS) is 12.0. The third-order valence-electron chi connectivity index (χ3n) is 4.65. The number of nitrogens with zero attached hydrogens (tertiary/aromatic N) is 1. The van der Waals surface area contributed by atoms with Crippen LogP contribution < -0.4 is 5.32 Å². The molecule has 1 N–H and O–H groups in total. The summed E-state index contributed by atoms with van der Waals surface area (Å²) in [5.74, 6) is -0.702. The molecule has 0 fully saturated rings. The van der Waals surface area contributed by atoms with E-state index < -0.39 is 5.97 Å². The van der Waals surface area contributed by atoms with Crippen LogP contribution in [0.1, 0.15) is 41.1 Å². The SMILES string of the molecule is Cc1ccc([C@H](C)NC(=O)COC(=O)CCc2nc3ccccc3s2)cc1C. The van der Waals surface area contributed by atoms with Gasteiger partial charge in [-0.25, -0.2) is 4.98 Å². The highest BCUT2D eigenvalue weighted by molar-refractivity contribution is 7.18. The van der Waals surface area contributed by atoms with Crippen LogP contribution in [0.3, 0.4) is 0 Å². The minimum absolute atomic E-state index is 0.145. The molecule has 0 saturated heterocycles. The maximum atomic E-state index is 12.1. The highest BCUT2D eigenvalue weighted by Crippen LogP contribution is 2.22. The molecule has 0 aliphatic rings. The number of aromatic nitrogens is 1. The first-order chi connectivity index (χ1) is 13.4. The Morgan fingerprint density at radius 3 is 2.68 bits per heavy atom. The van der Waals surface area contributed by atoms with Gasteiger partial charge in [0.05, 0.1) is 27.7 Å². The van der Waals surface area contributed by atoms with E-state index in [1.54, 1.807) is 11.3 Å². The van der Waals surface area contributed by atoms with E-state index in [9.17, 15) is 9.59 Å². The Morgan fingerprint density at radius 1 is 1.14 bits per heavy atom. The predicted molar refractivity (Wildman–Crippen MR) is 111 cm³/mol. The Kier molecular flexibility index (Phi) is 6.41. The number of fused-ring (bicyclic) bond motifs is 1. The van der Waals surface area contributed by atoms with Crippen LogP contribution in [0.4, 0.5) is 0 Å². The monoisotopic (exact) mass is 396 g/mol. The molecule has 3 aromatic rings. The van der Waals surface area contributed by atoms with Crippen molar-refractivity contribution >= 4 is 33.4 Å². The zero-order valence-electron chi connectivity index (χ0n) is 16.3. The number of hydrogen-bond donors (Lipinski definition) is 1. The number of carbonyl (C=O) groups is 2. The first kappa shape index (κ1) is 20.0. The molecule has 0 unspecified atom stereocenters. The van der Waals surface area contributed by atoms with Crippen molar-refractivity contribution in [2.75, 3.05) is 6.61 Å². The second-order valence-corrected chi connectivity index (χ2v) is 7.98. The van der Waals surface area contributed by atoms with E-state index in [1.807, 2.05) is 50.2 Å². The Morgan fingerprint density at radius 2 is 1.93 bits per heavy atom. The van der Waals surface area contributed by atoms with Crippen LogP contribution in [-0.4, -0.2) is 23.5 Å². The summed E-state index contributed by atoms with van der Waals surface area (Å²) in [5, 5.41) is 3.76. The molecule has 0 aliphatic carbocycles. The molecule has 146 valence electrons. The Bertz CT molecular complexity index is 963. The van der Waals surface area contributed by atoms with Crippen LogP contribution in [0, 0.1) is 13.8 Å². The van der Waals surface area contributed by atoms with Crippen molar-refractivity contribution in [2.45, 2.75) is 39.7 Å². The molecular formula is C22H24N2O3S. The van der Waals surface area contributed by atoms with Gasteiger partial charge in [-0.05, 0) is 49.6 Å². The van der Waals surface area contributed by atoms with Gasteiger partial charge >= 0.3 is 5.97 Å². The van der Waals surface area contributed by atoms with Crippen LogP contribution in [0.5, 0.6) is 0 Å². The smallest absolute Gasteiger partial charge is 0.306 e. The molecule has 1 amide bonds. The topological polar surface area (TPSA) is 68.3 Å². The Balaban J connectivity index is 1.43. The number of ether oxygens (including phenoxy) is 1. The molecule has 0 saturated carbocycles. The molecule has 0 bridgehead atoms. The van der Waals surface area contributed by atoms with E-state index in [-0.39, 0.29) is 25.0 Å². The van der Waals surface area contributed by atoms with Crippen molar-refractivity contribution < 1.29 is 14.3 Å². The molecule has 3 rings (SSSR count). The molecule has 1 aromatic heterocycles. The second-order valence-electron chi connectivity index (χ2n) is 6.87. The van der Waals surface area contributed by atoms with Crippen molar-refractivity contribution in [3.8, 4) is 0 Å². The van der Waals surface area contributed by atoms with Gasteiger partial charge in [0.15, 0.2) is 6.61 Å². The predicted octanol–water partition coefficient (Wildman–Crippen LogP) is 4.27. The number of aryl methyl sites for hydroxylation is 3. The van der Waals surface area contributed by atoms with E-state index in [0.717, 1.165) is 20.8 Å². The maximum Gasteiger partial charge on any atom is 0.306 e. The zero-order chi connectivity index (χ0) is 20.1. The van der Waals surface area contributed by atoms with Gasteiger partial charge in [-0.3, -0.25) is 9.59 Å². The summed E-state index contributed by atoms with van der Waals surface area (Å²) in [7, 11) is 0. The number of amides is 1. The highest BCUT2D eigenvalue weighted by Gasteiger charge is 2.13. The fraction of sp³-hybridized carbons (Fsp3) is 0.318. The molecule has 0 aliphatic heterocycles. The summed E-state index contributed by atoms with van der Waals surface area (Å²) < 4.78 is 6.21. The van der Waals surface area contributed by atoms with Gasteiger partial charge in [0.2, 0.25) is 0 Å². The number of nitrogens with one attached hydrogen (secondary N) is 1. The highest BCUT2D eigenvalue weighted by atomic mass is 32.1. The largest absolute Gasteiger partial charge is 0.456 e. The molecule has 1 heterocycles. The van der Waals surface area contributed by atoms with Crippen molar-refractivity contribution in [3.63, 3.8) is 0 Å². The minimum atomic E-state index is -0.395. The van der Waals surface area contributed by atoms with Crippen molar-refractivity contribution in [2.24, 2.45) is 0 Å². The minimum Gasteiger partial charge on any atom is -0.456 e. The summed E-state index contributed by atoms with van der Waals surface area (Å²) in [4.78, 5) is 28.5. The summed E-state index contributed by atoms with van der Waals surface area (Å²) in [6.07, 6.45) is 0.721. The molecule has 2 aromatic carbocycles. The number of benzene rings is 2. The Hall–Kier alpha value is -2.73. The van der Waals surface area contributed by atoms with E-state index in [2.05, 4.69) is 23.3 Å². The summed E-state index contributed by atoms with van der Waals surface area (Å²) in [5.41, 5.74) is 4.36. The lowest BCUT2D eigenvalue weighted by atomic mass is 10.0. The molecular weight excluding hydrogens is 372 g/mol. The zero-order valence-corrected chi connectivity index (χ0v) is 17.1. The average Bonchev–Trinajstić information content (AvgIpc) is 3.09. The quantitative estimate of drug-likeness (QED) is 0.606. The number of para-hydroxylation sites is 1. The molecule has 6 heteroatoms. The third kappa shape index (κ3) is 5.16. The van der Waals surface area contributed by atoms with E-state index in [0.29, 0.717) is 6.42 Å². The number of thiazole rings is 1. The van der Waals surface area contributed by atoms with E-state index in [1.165, 1.54) is 11.1 Å². The molecule has 5 nitrogen and oxygen atoms in total. The lowest BCUT2D eigenvalue weighted by molar-refractivity contribution is -0.148. The van der Waals surface area contributed by atoms with Crippen molar-refractivity contribution in [1.29, 1.82) is 0 Å². The molecule has 0 spiro atoms. The molecule has 1 atom stereocenters. The summed E-state index contributed by atoms with van der Waals surface area (Å²) in [6, 6.07) is 13.8. The van der Waals surface area contributed by atoms with Gasteiger partial charge in [-0.1, -0.05) is 30.3 Å². The van der Waals surface area contributed by atoms with Gasteiger partial charge in [-0.15, -0.1) is 11.3 Å². The molecule has 0 radical (unpaired) electrons. The van der Waals surface area contributed by atoms with Crippen LogP contribution in [-0.2, 0) is 20.7 Å². The summed E-state index contributed by atoms with van der Waals surface area (Å²) >= 11 is 1.57. The van der Waals surface area contributed by atoms with Gasteiger partial charge in [-0.2, -0.15) is 0 Å². The third-order valence-corrected chi connectivity index (χ3v) is 5.75. The number of hydrogen-bond acceptors (Lipinski definition) is 5. The van der Waals surface area contributed by atoms with Crippen LogP contribution in [0.15, 0.2) is 42.5 Å². The summed E-state index contributed by atoms with van der Waals surface area (Å²) in [6.45, 7) is 5.74. The maximum absolute atomic E-state index is 12.1. The average molecular weight is 397 g/mol. The first-order valence-corrected chi connectivity index (χ1v) is 10.1. The van der Waals surface area contributed by atoms with Crippen LogP contribution in [0.2, 0.25) is 0 Å². The van der Waals surface area contributed by atoms with Gasteiger partial charge in [0, 0.05) is 6.42 Å². The fourth-order valence-electron chi connectivity index (χ4n) is 2.85. The van der Waals surface area contributed by atoms with Gasteiger partial charge in [0.1, 0.15) is 0 Å². The second kappa shape index (κ2) is 8.97. The Labute approximate surface area is 168 Å². The lowest BCUT2D eigenvalue weighted by Crippen LogP contribution is -2.31. The van der Waals surface area contributed by atoms with Gasteiger partial charge < -0.3 is 10.1 Å². The number of esters is 1. The number of carbonyl (C=O) groups excluding carboxylic acids is 2. The lowest BCUT2D eigenvalue weighted by Gasteiger charge is -2.15. The first-order valence-electron chi connectivity index (χ1n) is 9.29. The fourth-order valence-corrected chi connectivity index (χ4v) is 3.82. The van der Waals surface area contributed by atoms with Crippen LogP contribution in [0.25, 0.3) is 10.2 Å². The van der Waals surface area contributed by atoms with Crippen molar-refractivity contribution in [3.05, 3.63) is 64.2 Å². The molecule has 28 heavy (non-hydrogen) atoms. The van der Waals surface area contributed by atoms with Gasteiger partial charge in [0.25, 0.3) is 5.91 Å².